The summed E-state index contributed by atoms with van der Waals surface area (Å²) in [6.07, 6.45) is 0.604. The molecule has 0 aliphatic rings. The molecule has 0 saturated heterocycles. The summed E-state index contributed by atoms with van der Waals surface area (Å²) in [5, 5.41) is 10.8. The Morgan fingerprint density at radius 1 is 1.52 bits per heavy atom. The van der Waals surface area contributed by atoms with Crippen LogP contribution in [0.3, 0.4) is 0 Å². The molecule has 1 unspecified atom stereocenters. The van der Waals surface area contributed by atoms with Crippen molar-refractivity contribution in [1.82, 2.24) is 4.72 Å². The third-order valence-corrected chi connectivity index (χ3v) is 7.45. The minimum atomic E-state index is -3.78. The Hall–Kier alpha value is -0.740. The van der Waals surface area contributed by atoms with Crippen molar-refractivity contribution >= 4 is 54.6 Å². The zero-order chi connectivity index (χ0) is 15.6. The van der Waals surface area contributed by atoms with E-state index in [9.17, 15) is 13.2 Å². The van der Waals surface area contributed by atoms with Gasteiger partial charge in [-0.25, -0.2) is 17.9 Å². The Kier molecular flexibility index (Phi) is 5.20. The summed E-state index contributed by atoms with van der Waals surface area (Å²) in [4.78, 5) is 11.8. The number of halogens is 1. The predicted molar refractivity (Wildman–Crippen MR) is 86.7 cm³/mol. The van der Waals surface area contributed by atoms with Crippen molar-refractivity contribution in [3.8, 4) is 0 Å². The summed E-state index contributed by atoms with van der Waals surface area (Å²) in [6, 6.07) is 4.57. The molecule has 0 spiro atoms. The topological polar surface area (TPSA) is 83.5 Å². The van der Waals surface area contributed by atoms with Crippen molar-refractivity contribution in [3.63, 3.8) is 0 Å². The first-order valence-corrected chi connectivity index (χ1v) is 9.90. The summed E-state index contributed by atoms with van der Waals surface area (Å²) in [5.41, 5.74) is 0. The quantitative estimate of drug-likeness (QED) is 0.761. The summed E-state index contributed by atoms with van der Waals surface area (Å²) >= 11 is 5.48. The van der Waals surface area contributed by atoms with Crippen molar-refractivity contribution in [2.75, 3.05) is 0 Å². The molecule has 114 valence electrons. The second-order valence-electron chi connectivity index (χ2n) is 4.15. The molecule has 2 aromatic heterocycles. The van der Waals surface area contributed by atoms with E-state index in [0.29, 0.717) is 6.42 Å². The van der Waals surface area contributed by atoms with Crippen LogP contribution < -0.4 is 4.72 Å². The molecule has 2 aromatic rings. The molecule has 2 heterocycles. The van der Waals surface area contributed by atoms with Crippen molar-refractivity contribution in [3.05, 3.63) is 37.1 Å². The third-order valence-electron chi connectivity index (χ3n) is 2.75. The number of hydrogen-bond donors (Lipinski definition) is 2. The average Bonchev–Trinajstić information content (AvgIpc) is 3.05. The van der Waals surface area contributed by atoms with E-state index in [1.807, 2.05) is 24.4 Å². The van der Waals surface area contributed by atoms with Gasteiger partial charge in [-0.05, 0) is 39.9 Å². The number of carboxylic acids is 1. The van der Waals surface area contributed by atoms with Crippen LogP contribution in [0, 0.1) is 0 Å². The molecule has 9 heteroatoms. The highest BCUT2D eigenvalue weighted by Crippen LogP contribution is 2.33. The molecule has 2 rings (SSSR count). The number of aromatic carboxylic acids is 1. The van der Waals surface area contributed by atoms with E-state index >= 15 is 0 Å². The van der Waals surface area contributed by atoms with Crippen LogP contribution in [0.5, 0.6) is 0 Å². The lowest BCUT2D eigenvalue weighted by Gasteiger charge is -2.15. The standard InChI is InChI=1S/C12H12BrNO4S3/c1-2-7(8-4-3-5-19-8)14-21(17,18)10-6-9(12(15)16)20-11(10)13/h3-7,14H,2H2,1H3,(H,15,16). The van der Waals surface area contributed by atoms with Gasteiger partial charge in [0.1, 0.15) is 9.77 Å². The van der Waals surface area contributed by atoms with Gasteiger partial charge < -0.3 is 5.11 Å². The fourth-order valence-corrected chi connectivity index (χ4v) is 6.36. The molecule has 0 amide bonds. The van der Waals surface area contributed by atoms with Crippen LogP contribution in [0.1, 0.15) is 33.9 Å². The monoisotopic (exact) mass is 409 g/mol. The zero-order valence-electron chi connectivity index (χ0n) is 10.9. The van der Waals surface area contributed by atoms with Gasteiger partial charge in [0.2, 0.25) is 10.0 Å². The van der Waals surface area contributed by atoms with Gasteiger partial charge in [0, 0.05) is 4.88 Å². The SMILES string of the molecule is CCC(NS(=O)(=O)c1cc(C(=O)O)sc1Br)c1cccs1. The van der Waals surface area contributed by atoms with Crippen LogP contribution in [0.4, 0.5) is 0 Å². The predicted octanol–water partition coefficient (Wildman–Crippen LogP) is 3.70. The van der Waals surface area contributed by atoms with Crippen LogP contribution in [-0.4, -0.2) is 19.5 Å². The lowest BCUT2D eigenvalue weighted by atomic mass is 10.2. The maximum absolute atomic E-state index is 12.4. The zero-order valence-corrected chi connectivity index (χ0v) is 14.9. The smallest absolute Gasteiger partial charge is 0.345 e. The molecular weight excluding hydrogens is 398 g/mol. The largest absolute Gasteiger partial charge is 0.477 e. The number of hydrogen-bond acceptors (Lipinski definition) is 5. The maximum Gasteiger partial charge on any atom is 0.345 e. The van der Waals surface area contributed by atoms with Gasteiger partial charge in [0.15, 0.2) is 0 Å². The van der Waals surface area contributed by atoms with Crippen LogP contribution in [-0.2, 0) is 10.0 Å². The van der Waals surface area contributed by atoms with Gasteiger partial charge in [-0.3, -0.25) is 0 Å². The fraction of sp³-hybridized carbons (Fsp3) is 0.250. The number of nitrogens with one attached hydrogen (secondary N) is 1. The maximum atomic E-state index is 12.4. The van der Waals surface area contributed by atoms with Gasteiger partial charge in [0.05, 0.1) is 9.83 Å². The van der Waals surface area contributed by atoms with Crippen molar-refractivity contribution in [2.24, 2.45) is 0 Å². The molecule has 0 aromatic carbocycles. The number of carbonyl (C=O) groups is 1. The van der Waals surface area contributed by atoms with Crippen molar-refractivity contribution in [2.45, 2.75) is 24.3 Å². The van der Waals surface area contributed by atoms with Crippen LogP contribution in [0.25, 0.3) is 0 Å². The first-order valence-electron chi connectivity index (χ1n) is 5.93. The highest BCUT2D eigenvalue weighted by atomic mass is 79.9. The van der Waals surface area contributed by atoms with Crippen LogP contribution in [0.2, 0.25) is 0 Å². The number of sulfonamides is 1. The Bertz CT molecular complexity index is 737. The molecule has 5 nitrogen and oxygen atoms in total. The molecule has 21 heavy (non-hydrogen) atoms. The first-order chi connectivity index (χ1) is 9.85. The van der Waals surface area contributed by atoms with Gasteiger partial charge in [-0.2, -0.15) is 0 Å². The number of thiophene rings is 2. The molecule has 0 bridgehead atoms. The summed E-state index contributed by atoms with van der Waals surface area (Å²) in [5.74, 6) is -1.15. The second kappa shape index (κ2) is 6.57. The minimum Gasteiger partial charge on any atom is -0.477 e. The van der Waals surface area contributed by atoms with E-state index in [0.717, 1.165) is 16.2 Å². The van der Waals surface area contributed by atoms with E-state index in [1.165, 1.54) is 17.4 Å². The molecule has 0 fully saturated rings. The Labute approximate surface area is 138 Å². The lowest BCUT2D eigenvalue weighted by molar-refractivity contribution is 0.0702. The normalized spacial score (nSPS) is 13.2. The minimum absolute atomic E-state index is 0.0218. The van der Waals surface area contributed by atoms with Crippen molar-refractivity contribution < 1.29 is 18.3 Å². The Morgan fingerprint density at radius 3 is 2.71 bits per heavy atom. The molecule has 0 radical (unpaired) electrons. The molecular formula is C12H12BrNO4S3. The molecule has 2 N–H and O–H groups in total. The Morgan fingerprint density at radius 2 is 2.24 bits per heavy atom. The average molecular weight is 410 g/mol. The van der Waals surface area contributed by atoms with Gasteiger partial charge in [-0.1, -0.05) is 13.0 Å². The molecule has 0 aliphatic heterocycles. The summed E-state index contributed by atoms with van der Waals surface area (Å²) in [7, 11) is -3.78. The van der Waals surface area contributed by atoms with Crippen LogP contribution >= 0.6 is 38.6 Å². The molecule has 0 aliphatic carbocycles. The van der Waals surface area contributed by atoms with Crippen molar-refractivity contribution in [1.29, 1.82) is 0 Å². The van der Waals surface area contributed by atoms with Gasteiger partial charge in [0.25, 0.3) is 0 Å². The van der Waals surface area contributed by atoms with Gasteiger partial charge >= 0.3 is 5.97 Å². The van der Waals surface area contributed by atoms with E-state index in [1.54, 1.807) is 0 Å². The lowest BCUT2D eigenvalue weighted by Crippen LogP contribution is -2.27. The summed E-state index contributed by atoms with van der Waals surface area (Å²) in [6.45, 7) is 1.89. The highest BCUT2D eigenvalue weighted by molar-refractivity contribution is 9.11. The number of rotatable bonds is 6. The number of carboxylic acid groups (broad SMARTS) is 1. The molecule has 0 saturated carbocycles. The van der Waals surface area contributed by atoms with E-state index in [4.69, 9.17) is 5.11 Å². The van der Waals surface area contributed by atoms with E-state index in [2.05, 4.69) is 20.7 Å². The third kappa shape index (κ3) is 3.72. The summed E-state index contributed by atoms with van der Waals surface area (Å²) < 4.78 is 27.8. The fourth-order valence-electron chi connectivity index (χ4n) is 1.72. The van der Waals surface area contributed by atoms with E-state index < -0.39 is 16.0 Å². The first kappa shape index (κ1) is 16.6. The molecule has 1 atom stereocenters. The van der Waals surface area contributed by atoms with Gasteiger partial charge in [-0.15, -0.1) is 22.7 Å². The second-order valence-corrected chi connectivity index (χ2v) is 9.18. The van der Waals surface area contributed by atoms with Crippen LogP contribution in [0.15, 0.2) is 32.3 Å². The Balaban J connectivity index is 2.32. The highest BCUT2D eigenvalue weighted by Gasteiger charge is 2.26. The van der Waals surface area contributed by atoms with E-state index in [-0.39, 0.29) is 19.6 Å².